The van der Waals surface area contributed by atoms with Crippen LogP contribution in [0.3, 0.4) is 0 Å². The molecule has 0 spiro atoms. The van der Waals surface area contributed by atoms with Gasteiger partial charge in [0, 0.05) is 23.0 Å². The summed E-state index contributed by atoms with van der Waals surface area (Å²) in [7, 11) is 0. The van der Waals surface area contributed by atoms with Gasteiger partial charge in [0.05, 0.1) is 0 Å². The minimum Gasteiger partial charge on any atom is -0.352 e. The Bertz CT molecular complexity index is 442. The summed E-state index contributed by atoms with van der Waals surface area (Å²) in [5.41, 5.74) is 1.19. The summed E-state index contributed by atoms with van der Waals surface area (Å²) in [5.74, 6) is 0.149. The molecule has 1 heterocycles. The van der Waals surface area contributed by atoms with Gasteiger partial charge < -0.3 is 10.6 Å². The summed E-state index contributed by atoms with van der Waals surface area (Å²) in [6, 6.07) is 8.72. The third-order valence-electron chi connectivity index (χ3n) is 3.69. The van der Waals surface area contributed by atoms with Gasteiger partial charge in [-0.05, 0) is 44.4 Å². The molecule has 1 saturated heterocycles. The van der Waals surface area contributed by atoms with E-state index in [1.165, 1.54) is 5.56 Å². The second kappa shape index (κ2) is 8.65. The highest BCUT2D eigenvalue weighted by molar-refractivity contribution is 9.10. The molecule has 1 fully saturated rings. The Balaban J connectivity index is 0.00000200. The van der Waals surface area contributed by atoms with Gasteiger partial charge in [0.1, 0.15) is 0 Å². The first-order chi connectivity index (χ1) is 9.16. The first-order valence-electron chi connectivity index (χ1n) is 6.93. The second-order valence-electron chi connectivity index (χ2n) is 5.15. The number of aryl methyl sites for hydroxylation is 1. The first-order valence-corrected chi connectivity index (χ1v) is 7.72. The quantitative estimate of drug-likeness (QED) is 0.865. The molecule has 0 radical (unpaired) electrons. The topological polar surface area (TPSA) is 41.1 Å². The predicted molar refractivity (Wildman–Crippen MR) is 88.3 cm³/mol. The van der Waals surface area contributed by atoms with E-state index in [4.69, 9.17) is 0 Å². The van der Waals surface area contributed by atoms with E-state index < -0.39 is 0 Å². The molecule has 3 nitrogen and oxygen atoms in total. The number of nitrogens with one attached hydrogen (secondary N) is 2. The van der Waals surface area contributed by atoms with Crippen LogP contribution in [0.15, 0.2) is 28.7 Å². The van der Waals surface area contributed by atoms with E-state index in [1.807, 2.05) is 18.2 Å². The van der Waals surface area contributed by atoms with Crippen LogP contribution in [0.25, 0.3) is 0 Å². The highest BCUT2D eigenvalue weighted by Crippen LogP contribution is 2.17. The Labute approximate surface area is 135 Å². The van der Waals surface area contributed by atoms with Crippen LogP contribution < -0.4 is 10.6 Å². The van der Waals surface area contributed by atoms with Crippen LogP contribution in [0, 0.1) is 0 Å². The van der Waals surface area contributed by atoms with E-state index in [9.17, 15) is 4.79 Å². The molecule has 1 amide bonds. The molecule has 0 aliphatic carbocycles. The van der Waals surface area contributed by atoms with Gasteiger partial charge in [-0.1, -0.05) is 34.1 Å². The molecule has 2 unspecified atom stereocenters. The molecule has 20 heavy (non-hydrogen) atoms. The van der Waals surface area contributed by atoms with Crippen LogP contribution in [0.5, 0.6) is 0 Å². The van der Waals surface area contributed by atoms with Crippen LogP contribution in [0.2, 0.25) is 0 Å². The van der Waals surface area contributed by atoms with Gasteiger partial charge in [0.15, 0.2) is 0 Å². The zero-order valence-electron chi connectivity index (χ0n) is 11.7. The molecule has 1 aromatic carbocycles. The van der Waals surface area contributed by atoms with Crippen LogP contribution in [0.4, 0.5) is 0 Å². The predicted octanol–water partition coefficient (Wildman–Crippen LogP) is 3.06. The van der Waals surface area contributed by atoms with Crippen LogP contribution in [-0.4, -0.2) is 24.5 Å². The lowest BCUT2D eigenvalue weighted by molar-refractivity contribution is -0.122. The molecule has 2 atom stereocenters. The minimum absolute atomic E-state index is 0. The standard InChI is InChI=1S/C15H21BrN2O.ClH/c1-11-14(7-4-10-17-11)18-15(19)9-8-12-5-2-3-6-13(12)16;/h2-3,5-6,11,14,17H,4,7-10H2,1H3,(H,18,19);1H. The zero-order chi connectivity index (χ0) is 13.7. The molecular weight excluding hydrogens is 340 g/mol. The summed E-state index contributed by atoms with van der Waals surface area (Å²) in [6.45, 7) is 3.20. The number of piperidine rings is 1. The smallest absolute Gasteiger partial charge is 0.220 e. The number of amides is 1. The van der Waals surface area contributed by atoms with E-state index in [-0.39, 0.29) is 24.4 Å². The van der Waals surface area contributed by atoms with Crippen molar-refractivity contribution in [3.05, 3.63) is 34.3 Å². The Morgan fingerprint density at radius 2 is 2.20 bits per heavy atom. The van der Waals surface area contributed by atoms with Crippen molar-refractivity contribution in [1.29, 1.82) is 0 Å². The van der Waals surface area contributed by atoms with Gasteiger partial charge in [0.2, 0.25) is 5.91 Å². The molecule has 0 aromatic heterocycles. The third kappa shape index (κ3) is 5.08. The molecule has 0 bridgehead atoms. The molecule has 5 heteroatoms. The number of benzene rings is 1. The molecule has 0 saturated carbocycles. The SMILES string of the molecule is CC1NCCCC1NC(=O)CCc1ccccc1Br.Cl. The molecular formula is C15H22BrClN2O. The molecule has 2 rings (SSSR count). The van der Waals surface area contributed by atoms with Crippen molar-refractivity contribution in [3.8, 4) is 0 Å². The maximum absolute atomic E-state index is 12.0. The van der Waals surface area contributed by atoms with Crippen molar-refractivity contribution < 1.29 is 4.79 Å². The van der Waals surface area contributed by atoms with Crippen molar-refractivity contribution >= 4 is 34.2 Å². The van der Waals surface area contributed by atoms with Crippen LogP contribution in [-0.2, 0) is 11.2 Å². The van der Waals surface area contributed by atoms with E-state index in [2.05, 4.69) is 39.6 Å². The summed E-state index contributed by atoms with van der Waals surface area (Å²) in [5, 5.41) is 6.54. The van der Waals surface area contributed by atoms with Gasteiger partial charge in [-0.3, -0.25) is 4.79 Å². The van der Waals surface area contributed by atoms with E-state index in [1.54, 1.807) is 0 Å². The number of rotatable bonds is 4. The lowest BCUT2D eigenvalue weighted by Crippen LogP contribution is -2.51. The minimum atomic E-state index is 0. The van der Waals surface area contributed by atoms with Crippen molar-refractivity contribution in [3.63, 3.8) is 0 Å². The Kier molecular flexibility index (Phi) is 7.56. The number of carbonyl (C=O) groups is 1. The highest BCUT2D eigenvalue weighted by Gasteiger charge is 2.22. The van der Waals surface area contributed by atoms with Crippen LogP contribution >= 0.6 is 28.3 Å². The van der Waals surface area contributed by atoms with E-state index in [0.717, 1.165) is 30.3 Å². The fourth-order valence-electron chi connectivity index (χ4n) is 2.47. The monoisotopic (exact) mass is 360 g/mol. The number of hydrogen-bond acceptors (Lipinski definition) is 2. The average molecular weight is 362 g/mol. The molecule has 2 N–H and O–H groups in total. The normalized spacial score (nSPS) is 21.9. The number of carbonyl (C=O) groups excluding carboxylic acids is 1. The van der Waals surface area contributed by atoms with Gasteiger partial charge in [-0.2, -0.15) is 0 Å². The maximum Gasteiger partial charge on any atom is 0.220 e. The van der Waals surface area contributed by atoms with Crippen molar-refractivity contribution in [2.75, 3.05) is 6.54 Å². The molecule has 1 aromatic rings. The fourth-order valence-corrected chi connectivity index (χ4v) is 2.95. The number of halogens is 2. The van der Waals surface area contributed by atoms with Gasteiger partial charge in [0.25, 0.3) is 0 Å². The summed E-state index contributed by atoms with van der Waals surface area (Å²) in [6.07, 6.45) is 3.54. The lowest BCUT2D eigenvalue weighted by atomic mass is 9.99. The number of hydrogen-bond donors (Lipinski definition) is 2. The van der Waals surface area contributed by atoms with Crippen LogP contribution in [0.1, 0.15) is 31.7 Å². The largest absolute Gasteiger partial charge is 0.352 e. The van der Waals surface area contributed by atoms with E-state index in [0.29, 0.717) is 12.5 Å². The Morgan fingerprint density at radius 1 is 1.45 bits per heavy atom. The second-order valence-corrected chi connectivity index (χ2v) is 6.00. The maximum atomic E-state index is 12.0. The molecule has 1 aliphatic heterocycles. The average Bonchev–Trinajstić information content (AvgIpc) is 2.40. The van der Waals surface area contributed by atoms with Crippen molar-refractivity contribution in [2.24, 2.45) is 0 Å². The molecule has 1 aliphatic rings. The van der Waals surface area contributed by atoms with Gasteiger partial charge >= 0.3 is 0 Å². The lowest BCUT2D eigenvalue weighted by Gasteiger charge is -2.30. The van der Waals surface area contributed by atoms with Crippen molar-refractivity contribution in [2.45, 2.75) is 44.7 Å². The summed E-state index contributed by atoms with van der Waals surface area (Å²) < 4.78 is 1.08. The summed E-state index contributed by atoms with van der Waals surface area (Å²) in [4.78, 5) is 12.0. The highest BCUT2D eigenvalue weighted by atomic mass is 79.9. The molecule has 112 valence electrons. The Morgan fingerprint density at radius 3 is 2.90 bits per heavy atom. The Hall–Kier alpha value is -0.580. The third-order valence-corrected chi connectivity index (χ3v) is 4.46. The summed E-state index contributed by atoms with van der Waals surface area (Å²) >= 11 is 3.51. The fraction of sp³-hybridized carbons (Fsp3) is 0.533. The van der Waals surface area contributed by atoms with E-state index >= 15 is 0 Å². The first kappa shape index (κ1) is 17.5. The zero-order valence-corrected chi connectivity index (χ0v) is 14.1. The van der Waals surface area contributed by atoms with Gasteiger partial charge in [-0.25, -0.2) is 0 Å². The van der Waals surface area contributed by atoms with Gasteiger partial charge in [-0.15, -0.1) is 12.4 Å². The van der Waals surface area contributed by atoms with Crippen molar-refractivity contribution in [1.82, 2.24) is 10.6 Å².